The molecule has 116 valence electrons. The summed E-state index contributed by atoms with van der Waals surface area (Å²) in [4.78, 5) is 22.8. The van der Waals surface area contributed by atoms with Crippen molar-refractivity contribution in [1.82, 2.24) is 5.32 Å². The number of anilines is 1. The van der Waals surface area contributed by atoms with Gasteiger partial charge in [0.1, 0.15) is 5.75 Å². The number of aromatic carboxylic acids is 1. The van der Waals surface area contributed by atoms with Crippen LogP contribution in [0.5, 0.6) is 5.75 Å². The van der Waals surface area contributed by atoms with Crippen LogP contribution in [0.2, 0.25) is 0 Å². The second kappa shape index (κ2) is 7.52. The van der Waals surface area contributed by atoms with E-state index in [9.17, 15) is 9.59 Å². The van der Waals surface area contributed by atoms with E-state index in [2.05, 4.69) is 12.2 Å². The number of nitrogen functional groups attached to an aromatic ring is 1. The largest absolute Gasteiger partial charge is 0.481 e. The number of carbonyl (C=O) groups is 2. The molecular formula is C15H22N2O4. The van der Waals surface area contributed by atoms with Crippen molar-refractivity contribution in [2.45, 2.75) is 45.8 Å². The highest BCUT2D eigenvalue weighted by Crippen LogP contribution is 2.21. The third-order valence-electron chi connectivity index (χ3n) is 3.05. The topological polar surface area (TPSA) is 102 Å². The number of hydrogen-bond donors (Lipinski definition) is 3. The lowest BCUT2D eigenvalue weighted by atomic mass is 10.1. The monoisotopic (exact) mass is 294 g/mol. The van der Waals surface area contributed by atoms with Crippen molar-refractivity contribution in [2.24, 2.45) is 0 Å². The summed E-state index contributed by atoms with van der Waals surface area (Å²) in [6.45, 7) is 5.62. The van der Waals surface area contributed by atoms with Crippen molar-refractivity contribution in [3.63, 3.8) is 0 Å². The van der Waals surface area contributed by atoms with Crippen molar-refractivity contribution < 1.29 is 19.4 Å². The first kappa shape index (κ1) is 16.8. The van der Waals surface area contributed by atoms with Crippen LogP contribution in [0.1, 0.15) is 44.0 Å². The van der Waals surface area contributed by atoms with Crippen molar-refractivity contribution in [3.8, 4) is 5.75 Å². The zero-order valence-electron chi connectivity index (χ0n) is 12.6. The van der Waals surface area contributed by atoms with Gasteiger partial charge in [-0.1, -0.05) is 13.3 Å². The Labute approximate surface area is 124 Å². The van der Waals surface area contributed by atoms with E-state index in [0.29, 0.717) is 5.75 Å². The van der Waals surface area contributed by atoms with Crippen LogP contribution in [0.4, 0.5) is 5.69 Å². The summed E-state index contributed by atoms with van der Waals surface area (Å²) in [7, 11) is 0. The van der Waals surface area contributed by atoms with Gasteiger partial charge in [0.2, 0.25) is 0 Å². The SMILES string of the molecule is CCCC(C)NC(=O)C(C)Oc1ccc(C(=O)O)c(N)c1. The summed E-state index contributed by atoms with van der Waals surface area (Å²) in [5.41, 5.74) is 5.75. The molecule has 0 fully saturated rings. The van der Waals surface area contributed by atoms with Crippen LogP contribution in [0, 0.1) is 0 Å². The highest BCUT2D eigenvalue weighted by Gasteiger charge is 2.17. The number of carbonyl (C=O) groups excluding carboxylic acids is 1. The average molecular weight is 294 g/mol. The zero-order valence-corrected chi connectivity index (χ0v) is 12.6. The molecule has 0 aromatic heterocycles. The lowest BCUT2D eigenvalue weighted by Gasteiger charge is -2.18. The summed E-state index contributed by atoms with van der Waals surface area (Å²) < 4.78 is 5.49. The van der Waals surface area contributed by atoms with Crippen LogP contribution in [-0.2, 0) is 4.79 Å². The maximum Gasteiger partial charge on any atom is 0.337 e. The highest BCUT2D eigenvalue weighted by molar-refractivity contribution is 5.93. The van der Waals surface area contributed by atoms with Gasteiger partial charge in [-0.25, -0.2) is 4.79 Å². The first-order valence-corrected chi connectivity index (χ1v) is 6.95. The number of rotatable bonds is 7. The van der Waals surface area contributed by atoms with E-state index in [0.717, 1.165) is 12.8 Å². The van der Waals surface area contributed by atoms with Crippen molar-refractivity contribution in [2.75, 3.05) is 5.73 Å². The van der Waals surface area contributed by atoms with E-state index in [-0.39, 0.29) is 23.2 Å². The van der Waals surface area contributed by atoms with Crippen molar-refractivity contribution in [1.29, 1.82) is 0 Å². The molecule has 0 spiro atoms. The molecule has 0 saturated heterocycles. The van der Waals surface area contributed by atoms with Gasteiger partial charge >= 0.3 is 5.97 Å². The number of carboxylic acid groups (broad SMARTS) is 1. The van der Waals surface area contributed by atoms with E-state index >= 15 is 0 Å². The molecule has 0 aliphatic carbocycles. The summed E-state index contributed by atoms with van der Waals surface area (Å²) >= 11 is 0. The van der Waals surface area contributed by atoms with Crippen molar-refractivity contribution in [3.05, 3.63) is 23.8 Å². The van der Waals surface area contributed by atoms with Crippen LogP contribution in [-0.4, -0.2) is 29.1 Å². The predicted molar refractivity (Wildman–Crippen MR) is 80.4 cm³/mol. The molecule has 6 nitrogen and oxygen atoms in total. The Morgan fingerprint density at radius 3 is 2.57 bits per heavy atom. The minimum atomic E-state index is -1.10. The Kier molecular flexibility index (Phi) is 6.02. The number of amides is 1. The van der Waals surface area contributed by atoms with E-state index in [1.54, 1.807) is 6.92 Å². The molecule has 0 radical (unpaired) electrons. The lowest BCUT2D eigenvalue weighted by Crippen LogP contribution is -2.41. The summed E-state index contributed by atoms with van der Waals surface area (Å²) in [5, 5.41) is 11.7. The molecule has 1 rings (SSSR count). The van der Waals surface area contributed by atoms with Crippen LogP contribution < -0.4 is 15.8 Å². The molecule has 0 bridgehead atoms. The number of nitrogens with two attached hydrogens (primary N) is 1. The molecule has 4 N–H and O–H groups in total. The van der Waals surface area contributed by atoms with Crippen molar-refractivity contribution >= 4 is 17.6 Å². The number of benzene rings is 1. The van der Waals surface area contributed by atoms with Crippen LogP contribution in [0.15, 0.2) is 18.2 Å². The quantitative estimate of drug-likeness (QED) is 0.668. The van der Waals surface area contributed by atoms with Crippen LogP contribution in [0.3, 0.4) is 0 Å². The molecule has 2 unspecified atom stereocenters. The minimum absolute atomic E-state index is 0.0102. The molecule has 0 aliphatic heterocycles. The zero-order chi connectivity index (χ0) is 16.0. The van der Waals surface area contributed by atoms with E-state index < -0.39 is 12.1 Å². The average Bonchev–Trinajstić information content (AvgIpc) is 2.38. The normalized spacial score (nSPS) is 13.3. The molecule has 0 heterocycles. The van der Waals surface area contributed by atoms with Gasteiger partial charge < -0.3 is 20.9 Å². The molecule has 1 aromatic carbocycles. The highest BCUT2D eigenvalue weighted by atomic mass is 16.5. The maximum absolute atomic E-state index is 11.9. The Morgan fingerprint density at radius 1 is 1.38 bits per heavy atom. The molecule has 2 atom stereocenters. The van der Waals surface area contributed by atoms with E-state index in [1.807, 2.05) is 6.92 Å². The lowest BCUT2D eigenvalue weighted by molar-refractivity contribution is -0.127. The molecule has 0 aliphatic rings. The fraction of sp³-hybridized carbons (Fsp3) is 0.467. The second-order valence-electron chi connectivity index (χ2n) is 5.01. The number of hydrogen-bond acceptors (Lipinski definition) is 4. The third-order valence-corrected chi connectivity index (χ3v) is 3.05. The number of nitrogens with one attached hydrogen (secondary N) is 1. The first-order valence-electron chi connectivity index (χ1n) is 6.95. The molecular weight excluding hydrogens is 272 g/mol. The first-order chi connectivity index (χ1) is 9.85. The molecule has 6 heteroatoms. The summed E-state index contributed by atoms with van der Waals surface area (Å²) in [6.07, 6.45) is 1.21. The Balaban J connectivity index is 2.66. The van der Waals surface area contributed by atoms with Gasteiger partial charge in [-0.05, 0) is 32.4 Å². The standard InChI is InChI=1S/C15H22N2O4/c1-4-5-9(2)17-14(18)10(3)21-11-6-7-12(15(19)20)13(16)8-11/h6-10H,4-5,16H2,1-3H3,(H,17,18)(H,19,20). The summed E-state index contributed by atoms with van der Waals surface area (Å²) in [5.74, 6) is -0.946. The fourth-order valence-electron chi connectivity index (χ4n) is 1.93. The predicted octanol–water partition coefficient (Wildman–Crippen LogP) is 2.04. The number of carboxylic acids is 1. The molecule has 1 aromatic rings. The third kappa shape index (κ3) is 4.98. The van der Waals surface area contributed by atoms with E-state index in [1.165, 1.54) is 18.2 Å². The molecule has 0 saturated carbocycles. The van der Waals surface area contributed by atoms with Gasteiger partial charge in [-0.15, -0.1) is 0 Å². The van der Waals surface area contributed by atoms with Gasteiger partial charge in [0, 0.05) is 17.8 Å². The maximum atomic E-state index is 11.9. The fourth-order valence-corrected chi connectivity index (χ4v) is 1.93. The Hall–Kier alpha value is -2.24. The summed E-state index contributed by atoms with van der Waals surface area (Å²) in [6, 6.07) is 4.34. The Bertz CT molecular complexity index is 516. The van der Waals surface area contributed by atoms with Gasteiger partial charge in [-0.3, -0.25) is 4.79 Å². The smallest absolute Gasteiger partial charge is 0.337 e. The molecule has 1 amide bonds. The number of ether oxygens (including phenoxy) is 1. The Morgan fingerprint density at radius 2 is 2.05 bits per heavy atom. The van der Waals surface area contributed by atoms with Crippen LogP contribution in [0.25, 0.3) is 0 Å². The second-order valence-corrected chi connectivity index (χ2v) is 5.01. The van der Waals surface area contributed by atoms with Gasteiger partial charge in [0.05, 0.1) is 5.56 Å². The van der Waals surface area contributed by atoms with Crippen LogP contribution >= 0.6 is 0 Å². The minimum Gasteiger partial charge on any atom is -0.481 e. The van der Waals surface area contributed by atoms with E-state index in [4.69, 9.17) is 15.6 Å². The van der Waals surface area contributed by atoms with Gasteiger partial charge in [0.15, 0.2) is 6.10 Å². The molecule has 21 heavy (non-hydrogen) atoms. The van der Waals surface area contributed by atoms with Gasteiger partial charge in [-0.2, -0.15) is 0 Å². The van der Waals surface area contributed by atoms with Gasteiger partial charge in [0.25, 0.3) is 5.91 Å².